The summed E-state index contributed by atoms with van der Waals surface area (Å²) in [5, 5.41) is 9.12. The van der Waals surface area contributed by atoms with Crippen LogP contribution in [0.15, 0.2) is 41.4 Å². The zero-order valence-corrected chi connectivity index (χ0v) is 9.89. The third-order valence-corrected chi connectivity index (χ3v) is 2.38. The number of pyridine rings is 2. The van der Waals surface area contributed by atoms with Gasteiger partial charge in [0.05, 0.1) is 19.0 Å². The lowest BCUT2D eigenvalue weighted by atomic mass is 10.2. The summed E-state index contributed by atoms with van der Waals surface area (Å²) in [7, 11) is 0. The van der Waals surface area contributed by atoms with Gasteiger partial charge >= 0.3 is 0 Å². The molecule has 0 atom stereocenters. The van der Waals surface area contributed by atoms with E-state index in [1.807, 2.05) is 0 Å². The van der Waals surface area contributed by atoms with Crippen LogP contribution >= 0.6 is 15.9 Å². The molecule has 0 spiro atoms. The summed E-state index contributed by atoms with van der Waals surface area (Å²) < 4.78 is 6.40. The van der Waals surface area contributed by atoms with Gasteiger partial charge in [-0.2, -0.15) is 0 Å². The van der Waals surface area contributed by atoms with Crippen LogP contribution in [0.4, 0.5) is 0 Å². The Morgan fingerprint density at radius 2 is 2.12 bits per heavy atom. The average molecular weight is 281 g/mol. The van der Waals surface area contributed by atoms with Gasteiger partial charge in [0.15, 0.2) is 5.75 Å². The van der Waals surface area contributed by atoms with Crippen LogP contribution in [0.2, 0.25) is 0 Å². The van der Waals surface area contributed by atoms with E-state index in [1.165, 1.54) is 0 Å². The topological polar surface area (TPSA) is 55.2 Å². The fourth-order valence-corrected chi connectivity index (χ4v) is 1.55. The van der Waals surface area contributed by atoms with E-state index in [0.717, 1.165) is 4.47 Å². The molecule has 0 saturated heterocycles. The van der Waals surface area contributed by atoms with Crippen LogP contribution in [0.5, 0.6) is 11.5 Å². The van der Waals surface area contributed by atoms with Crippen molar-refractivity contribution < 1.29 is 9.84 Å². The monoisotopic (exact) mass is 280 g/mol. The van der Waals surface area contributed by atoms with E-state index in [0.29, 0.717) is 17.1 Å². The molecule has 4 nitrogen and oxygen atoms in total. The zero-order chi connectivity index (χ0) is 11.4. The Bertz CT molecular complexity index is 491. The van der Waals surface area contributed by atoms with E-state index >= 15 is 0 Å². The summed E-state index contributed by atoms with van der Waals surface area (Å²) in [5.74, 6) is 1.13. The maximum absolute atomic E-state index is 9.12. The van der Waals surface area contributed by atoms with E-state index in [1.54, 1.807) is 36.9 Å². The van der Waals surface area contributed by atoms with Crippen LogP contribution in [0, 0.1) is 0 Å². The normalized spacial score (nSPS) is 10.1. The summed E-state index contributed by atoms with van der Waals surface area (Å²) in [6, 6.07) is 3.50. The molecule has 5 heteroatoms. The number of ether oxygens (including phenoxy) is 1. The lowest BCUT2D eigenvalue weighted by molar-refractivity contribution is 0.276. The number of nitrogens with zero attached hydrogens (tertiary/aromatic N) is 2. The predicted octanol–water partition coefficient (Wildman–Crippen LogP) is 2.52. The number of rotatable bonds is 3. The van der Waals surface area contributed by atoms with Gasteiger partial charge in [-0.25, -0.2) is 0 Å². The molecule has 1 N–H and O–H groups in total. The van der Waals surface area contributed by atoms with Crippen molar-refractivity contribution in [2.24, 2.45) is 0 Å². The van der Waals surface area contributed by atoms with Gasteiger partial charge in [0.2, 0.25) is 0 Å². The standard InChI is InChI=1S/C11H9BrN2O2/c12-9-3-10(5-14-4-9)16-11-6-13-2-1-8(11)7-15/h1-6,15H,7H2. The minimum Gasteiger partial charge on any atom is -0.454 e. The highest BCUT2D eigenvalue weighted by molar-refractivity contribution is 9.10. The largest absolute Gasteiger partial charge is 0.454 e. The zero-order valence-electron chi connectivity index (χ0n) is 8.30. The molecular weight excluding hydrogens is 272 g/mol. The quantitative estimate of drug-likeness (QED) is 0.939. The Kier molecular flexibility index (Phi) is 3.48. The first-order chi connectivity index (χ1) is 7.79. The fourth-order valence-electron chi connectivity index (χ4n) is 1.21. The highest BCUT2D eigenvalue weighted by Crippen LogP contribution is 2.25. The number of aliphatic hydroxyl groups is 1. The molecule has 0 saturated carbocycles. The van der Waals surface area contributed by atoms with Crippen LogP contribution < -0.4 is 4.74 Å². The molecule has 2 aromatic rings. The van der Waals surface area contributed by atoms with Crippen molar-refractivity contribution in [1.29, 1.82) is 0 Å². The number of aromatic nitrogens is 2. The van der Waals surface area contributed by atoms with Crippen molar-refractivity contribution in [2.45, 2.75) is 6.61 Å². The van der Waals surface area contributed by atoms with Gasteiger partial charge in [-0.15, -0.1) is 0 Å². The molecule has 0 bridgehead atoms. The van der Waals surface area contributed by atoms with E-state index < -0.39 is 0 Å². The van der Waals surface area contributed by atoms with Crippen LogP contribution in [0.1, 0.15) is 5.56 Å². The second-order valence-corrected chi connectivity index (χ2v) is 4.00. The summed E-state index contributed by atoms with van der Waals surface area (Å²) >= 11 is 3.30. The Balaban J connectivity index is 2.26. The summed E-state index contributed by atoms with van der Waals surface area (Å²) in [6.07, 6.45) is 6.44. The molecule has 0 aliphatic heterocycles. The molecule has 0 radical (unpaired) electrons. The molecule has 0 fully saturated rings. The van der Waals surface area contributed by atoms with Crippen molar-refractivity contribution in [3.63, 3.8) is 0 Å². The lowest BCUT2D eigenvalue weighted by Gasteiger charge is -2.08. The third-order valence-electron chi connectivity index (χ3n) is 1.95. The van der Waals surface area contributed by atoms with E-state index in [-0.39, 0.29) is 6.61 Å². The van der Waals surface area contributed by atoms with Crippen molar-refractivity contribution in [2.75, 3.05) is 0 Å². The first kappa shape index (κ1) is 11.0. The van der Waals surface area contributed by atoms with Gasteiger partial charge in [0, 0.05) is 22.4 Å². The molecular formula is C11H9BrN2O2. The Hall–Kier alpha value is -1.46. The van der Waals surface area contributed by atoms with E-state index in [9.17, 15) is 0 Å². The Morgan fingerprint density at radius 1 is 1.25 bits per heavy atom. The van der Waals surface area contributed by atoms with Crippen molar-refractivity contribution >= 4 is 15.9 Å². The Labute approximate surface area is 101 Å². The summed E-state index contributed by atoms with van der Waals surface area (Å²) in [4.78, 5) is 7.92. The van der Waals surface area contributed by atoms with Crippen LogP contribution in [-0.2, 0) is 6.61 Å². The average Bonchev–Trinajstić information content (AvgIpc) is 2.30. The molecule has 0 amide bonds. The van der Waals surface area contributed by atoms with Gasteiger partial charge in [0.25, 0.3) is 0 Å². The second-order valence-electron chi connectivity index (χ2n) is 3.08. The number of halogens is 1. The van der Waals surface area contributed by atoms with Crippen molar-refractivity contribution in [1.82, 2.24) is 9.97 Å². The molecule has 82 valence electrons. The maximum Gasteiger partial charge on any atom is 0.151 e. The predicted molar refractivity (Wildman–Crippen MR) is 62.2 cm³/mol. The molecule has 2 heterocycles. The maximum atomic E-state index is 9.12. The smallest absolute Gasteiger partial charge is 0.151 e. The van der Waals surface area contributed by atoms with Gasteiger partial charge in [-0.3, -0.25) is 9.97 Å². The van der Waals surface area contributed by atoms with Gasteiger partial charge in [-0.05, 0) is 28.1 Å². The molecule has 0 aromatic carbocycles. The molecule has 2 rings (SSSR count). The minimum atomic E-state index is -0.0840. The van der Waals surface area contributed by atoms with Crippen LogP contribution in [0.3, 0.4) is 0 Å². The number of aliphatic hydroxyl groups excluding tert-OH is 1. The lowest BCUT2D eigenvalue weighted by Crippen LogP contribution is -1.92. The van der Waals surface area contributed by atoms with Crippen molar-refractivity contribution in [3.05, 3.63) is 47.0 Å². The molecule has 0 aliphatic rings. The van der Waals surface area contributed by atoms with Crippen LogP contribution in [0.25, 0.3) is 0 Å². The fraction of sp³-hybridized carbons (Fsp3) is 0.0909. The van der Waals surface area contributed by atoms with Gasteiger partial charge in [-0.1, -0.05) is 0 Å². The first-order valence-corrected chi connectivity index (χ1v) is 5.41. The van der Waals surface area contributed by atoms with Gasteiger partial charge in [0.1, 0.15) is 5.75 Å². The molecule has 0 unspecified atom stereocenters. The van der Waals surface area contributed by atoms with Gasteiger partial charge < -0.3 is 9.84 Å². The Morgan fingerprint density at radius 3 is 2.88 bits per heavy atom. The molecule has 0 aliphatic carbocycles. The highest BCUT2D eigenvalue weighted by atomic mass is 79.9. The minimum absolute atomic E-state index is 0.0840. The SMILES string of the molecule is OCc1ccncc1Oc1cncc(Br)c1. The molecule has 2 aromatic heterocycles. The molecule has 16 heavy (non-hydrogen) atoms. The highest BCUT2D eigenvalue weighted by Gasteiger charge is 2.04. The van der Waals surface area contributed by atoms with E-state index in [2.05, 4.69) is 25.9 Å². The number of hydrogen-bond acceptors (Lipinski definition) is 4. The van der Waals surface area contributed by atoms with Crippen molar-refractivity contribution in [3.8, 4) is 11.5 Å². The van der Waals surface area contributed by atoms with Crippen LogP contribution in [-0.4, -0.2) is 15.1 Å². The van der Waals surface area contributed by atoms with E-state index in [4.69, 9.17) is 9.84 Å². The first-order valence-electron chi connectivity index (χ1n) is 4.62. The summed E-state index contributed by atoms with van der Waals surface area (Å²) in [6.45, 7) is -0.0840. The summed E-state index contributed by atoms with van der Waals surface area (Å²) in [5.41, 5.74) is 0.690. The third kappa shape index (κ3) is 2.56. The second kappa shape index (κ2) is 5.05. The number of hydrogen-bond donors (Lipinski definition) is 1.